The molecule has 0 bridgehead atoms. The van der Waals surface area contributed by atoms with E-state index in [-0.39, 0.29) is 5.60 Å². The van der Waals surface area contributed by atoms with E-state index in [1.807, 2.05) is 0 Å². The van der Waals surface area contributed by atoms with Crippen LogP contribution in [0.1, 0.15) is 39.0 Å². The molecule has 1 atom stereocenters. The Labute approximate surface area is 68.1 Å². The van der Waals surface area contributed by atoms with Crippen LogP contribution in [0.3, 0.4) is 0 Å². The lowest BCUT2D eigenvalue weighted by atomic mass is 9.82. The molecule has 62 valence electrons. The van der Waals surface area contributed by atoms with Gasteiger partial charge in [-0.15, -0.1) is 0 Å². The first-order chi connectivity index (χ1) is 5.21. The molecule has 1 saturated carbocycles. The zero-order valence-electron chi connectivity index (χ0n) is 7.14. The van der Waals surface area contributed by atoms with E-state index < -0.39 is 0 Å². The van der Waals surface area contributed by atoms with E-state index in [1.54, 1.807) is 0 Å². The van der Waals surface area contributed by atoms with Crippen molar-refractivity contribution in [3.8, 4) is 0 Å². The predicted octanol–water partition coefficient (Wildman–Crippen LogP) is 2.26. The van der Waals surface area contributed by atoms with Gasteiger partial charge < -0.3 is 5.11 Å². The summed E-state index contributed by atoms with van der Waals surface area (Å²) in [6, 6.07) is 0. The van der Waals surface area contributed by atoms with Gasteiger partial charge in [0, 0.05) is 0 Å². The largest absolute Gasteiger partial charge is 0.389 e. The fraction of sp³-hybridized carbons (Fsp3) is 0.800. The van der Waals surface area contributed by atoms with Gasteiger partial charge in [-0.1, -0.05) is 11.6 Å². The van der Waals surface area contributed by atoms with Crippen LogP contribution >= 0.6 is 0 Å². The van der Waals surface area contributed by atoms with Crippen molar-refractivity contribution < 1.29 is 5.11 Å². The van der Waals surface area contributed by atoms with Crippen LogP contribution < -0.4 is 0 Å². The fourth-order valence-electron chi connectivity index (χ4n) is 1.96. The number of allylic oxidation sites excluding steroid dienone is 1. The van der Waals surface area contributed by atoms with Crippen LogP contribution in [0.15, 0.2) is 11.6 Å². The number of aliphatic hydroxyl groups is 1. The van der Waals surface area contributed by atoms with E-state index in [4.69, 9.17) is 0 Å². The maximum Gasteiger partial charge on any atom is 0.0713 e. The molecule has 0 aromatic heterocycles. The Balaban J connectivity index is 2.05. The minimum Gasteiger partial charge on any atom is -0.389 e. The molecule has 2 aliphatic rings. The minimum absolute atomic E-state index is 0.306. The van der Waals surface area contributed by atoms with E-state index in [2.05, 4.69) is 13.0 Å². The summed E-state index contributed by atoms with van der Waals surface area (Å²) < 4.78 is 0. The predicted molar refractivity (Wildman–Crippen MR) is 45.3 cm³/mol. The van der Waals surface area contributed by atoms with Crippen LogP contribution in [0.4, 0.5) is 0 Å². The molecule has 0 amide bonds. The smallest absolute Gasteiger partial charge is 0.0713 e. The third-order valence-corrected chi connectivity index (χ3v) is 3.09. The molecular weight excluding hydrogens is 136 g/mol. The van der Waals surface area contributed by atoms with Gasteiger partial charge in [0.05, 0.1) is 5.60 Å². The summed E-state index contributed by atoms with van der Waals surface area (Å²) in [6.45, 7) is 2.16. The van der Waals surface area contributed by atoms with E-state index in [0.717, 1.165) is 19.3 Å². The second kappa shape index (κ2) is 2.34. The lowest BCUT2D eigenvalue weighted by molar-refractivity contribution is 0.00771. The summed E-state index contributed by atoms with van der Waals surface area (Å²) in [7, 11) is 0. The third-order valence-electron chi connectivity index (χ3n) is 3.09. The molecule has 1 N–H and O–H groups in total. The van der Waals surface area contributed by atoms with Crippen LogP contribution in [0.25, 0.3) is 0 Å². The fourth-order valence-corrected chi connectivity index (χ4v) is 1.96. The van der Waals surface area contributed by atoms with Gasteiger partial charge in [0.25, 0.3) is 0 Å². The molecule has 0 aromatic carbocycles. The highest BCUT2D eigenvalue weighted by Gasteiger charge is 2.43. The Morgan fingerprint density at radius 2 is 2.27 bits per heavy atom. The topological polar surface area (TPSA) is 20.2 Å². The van der Waals surface area contributed by atoms with Crippen LogP contribution in [0, 0.1) is 5.92 Å². The molecular formula is C10H16O. The third kappa shape index (κ3) is 1.34. The molecule has 1 fully saturated rings. The van der Waals surface area contributed by atoms with Crippen LogP contribution in [0.2, 0.25) is 0 Å². The molecule has 2 rings (SSSR count). The van der Waals surface area contributed by atoms with Crippen LogP contribution in [-0.2, 0) is 0 Å². The van der Waals surface area contributed by atoms with Gasteiger partial charge >= 0.3 is 0 Å². The van der Waals surface area contributed by atoms with Gasteiger partial charge in [-0.25, -0.2) is 0 Å². The number of hydrogen-bond donors (Lipinski definition) is 1. The van der Waals surface area contributed by atoms with Crippen molar-refractivity contribution in [3.05, 3.63) is 11.6 Å². The summed E-state index contributed by atoms with van der Waals surface area (Å²) in [5.41, 5.74) is 1.15. The summed E-state index contributed by atoms with van der Waals surface area (Å²) in [4.78, 5) is 0. The zero-order chi connectivity index (χ0) is 7.90. The standard InChI is InChI=1S/C10H16O/c1-8-4-6-10(11,7-5-8)9-2-3-9/h4,9,11H,2-3,5-7H2,1H3. The van der Waals surface area contributed by atoms with Crippen LogP contribution in [0.5, 0.6) is 0 Å². The Bertz CT molecular complexity index is 191. The quantitative estimate of drug-likeness (QED) is 0.571. The first-order valence-electron chi connectivity index (χ1n) is 4.59. The monoisotopic (exact) mass is 152 g/mol. The summed E-state index contributed by atoms with van der Waals surface area (Å²) in [5, 5.41) is 10.1. The Morgan fingerprint density at radius 3 is 2.73 bits per heavy atom. The first-order valence-corrected chi connectivity index (χ1v) is 4.59. The van der Waals surface area contributed by atoms with Crippen molar-refractivity contribution in [1.82, 2.24) is 0 Å². The van der Waals surface area contributed by atoms with Gasteiger partial charge in [0.1, 0.15) is 0 Å². The molecule has 0 radical (unpaired) electrons. The normalized spacial score (nSPS) is 38.5. The SMILES string of the molecule is CC1=CCC(O)(C2CC2)CC1. The average molecular weight is 152 g/mol. The van der Waals surface area contributed by atoms with E-state index in [0.29, 0.717) is 5.92 Å². The van der Waals surface area contributed by atoms with Crippen molar-refractivity contribution in [2.75, 3.05) is 0 Å². The Morgan fingerprint density at radius 1 is 1.55 bits per heavy atom. The molecule has 1 heteroatoms. The maximum atomic E-state index is 10.1. The van der Waals surface area contributed by atoms with Gasteiger partial charge in [-0.05, 0) is 44.9 Å². The molecule has 0 aromatic rings. The van der Waals surface area contributed by atoms with E-state index in [9.17, 15) is 5.11 Å². The number of rotatable bonds is 1. The Kier molecular flexibility index (Phi) is 1.57. The second-order valence-corrected chi connectivity index (χ2v) is 4.13. The van der Waals surface area contributed by atoms with Crippen molar-refractivity contribution in [2.24, 2.45) is 5.92 Å². The molecule has 11 heavy (non-hydrogen) atoms. The summed E-state index contributed by atoms with van der Waals surface area (Å²) in [6.07, 6.45) is 7.73. The molecule has 0 saturated heterocycles. The van der Waals surface area contributed by atoms with E-state index >= 15 is 0 Å². The highest BCUT2D eigenvalue weighted by molar-refractivity contribution is 5.11. The first kappa shape index (κ1) is 7.35. The van der Waals surface area contributed by atoms with Gasteiger partial charge in [-0.2, -0.15) is 0 Å². The molecule has 1 nitrogen and oxygen atoms in total. The Hall–Kier alpha value is -0.300. The molecule has 2 aliphatic carbocycles. The molecule has 0 heterocycles. The number of hydrogen-bond acceptors (Lipinski definition) is 1. The van der Waals surface area contributed by atoms with Gasteiger partial charge in [0.2, 0.25) is 0 Å². The van der Waals surface area contributed by atoms with Crippen molar-refractivity contribution in [3.63, 3.8) is 0 Å². The lowest BCUT2D eigenvalue weighted by Gasteiger charge is -2.30. The van der Waals surface area contributed by atoms with E-state index in [1.165, 1.54) is 18.4 Å². The summed E-state index contributed by atoms with van der Waals surface area (Å²) in [5.74, 6) is 0.631. The molecule has 1 unspecified atom stereocenters. The molecule has 0 spiro atoms. The maximum absolute atomic E-state index is 10.1. The van der Waals surface area contributed by atoms with Crippen molar-refractivity contribution >= 4 is 0 Å². The lowest BCUT2D eigenvalue weighted by Crippen LogP contribution is -2.32. The highest BCUT2D eigenvalue weighted by atomic mass is 16.3. The van der Waals surface area contributed by atoms with Gasteiger partial charge in [-0.3, -0.25) is 0 Å². The summed E-state index contributed by atoms with van der Waals surface area (Å²) >= 11 is 0. The minimum atomic E-state index is -0.306. The van der Waals surface area contributed by atoms with Gasteiger partial charge in [0.15, 0.2) is 0 Å². The van der Waals surface area contributed by atoms with Crippen molar-refractivity contribution in [1.29, 1.82) is 0 Å². The van der Waals surface area contributed by atoms with Crippen molar-refractivity contribution in [2.45, 2.75) is 44.6 Å². The second-order valence-electron chi connectivity index (χ2n) is 4.13. The van der Waals surface area contributed by atoms with Crippen LogP contribution in [-0.4, -0.2) is 10.7 Å². The molecule has 0 aliphatic heterocycles. The highest BCUT2D eigenvalue weighted by Crippen LogP contribution is 2.46. The average Bonchev–Trinajstić information content (AvgIpc) is 2.77. The zero-order valence-corrected chi connectivity index (χ0v) is 7.14.